The Kier molecular flexibility index (Phi) is 2.91. The second-order valence-electron chi connectivity index (χ2n) is 5.93. The van der Waals surface area contributed by atoms with Gasteiger partial charge in [0.2, 0.25) is 0 Å². The van der Waals surface area contributed by atoms with Crippen molar-refractivity contribution >= 4 is 44.3 Å². The Morgan fingerprint density at radius 2 is 1.42 bits per heavy atom. The van der Waals surface area contributed by atoms with Crippen LogP contribution >= 0.6 is 11.6 Å². The zero-order valence-electron chi connectivity index (χ0n) is 12.8. The molecule has 0 bridgehead atoms. The summed E-state index contributed by atoms with van der Waals surface area (Å²) in [6.07, 6.45) is 0. The largest absolute Gasteiger partial charge is 0.454 e. The van der Waals surface area contributed by atoms with Gasteiger partial charge in [0.15, 0.2) is 5.58 Å². The molecule has 0 saturated carbocycles. The van der Waals surface area contributed by atoms with Gasteiger partial charge in [-0.05, 0) is 28.5 Å². The van der Waals surface area contributed by atoms with Crippen molar-refractivity contribution in [2.24, 2.45) is 0 Å². The van der Waals surface area contributed by atoms with E-state index >= 15 is 0 Å². The van der Waals surface area contributed by atoms with E-state index < -0.39 is 0 Å². The highest BCUT2D eigenvalue weighted by molar-refractivity contribution is 6.37. The minimum absolute atomic E-state index is 0.645. The number of fused-ring (bicyclic) bond motifs is 5. The molecule has 0 spiro atoms. The first-order chi connectivity index (χ1) is 11.8. The van der Waals surface area contributed by atoms with Gasteiger partial charge in [-0.2, -0.15) is 0 Å². The van der Waals surface area contributed by atoms with Crippen molar-refractivity contribution in [2.75, 3.05) is 0 Å². The molecule has 1 heterocycles. The first kappa shape index (κ1) is 13.6. The number of halogens is 1. The van der Waals surface area contributed by atoms with Gasteiger partial charge in [0, 0.05) is 16.3 Å². The van der Waals surface area contributed by atoms with Crippen LogP contribution in [0.25, 0.3) is 43.8 Å². The van der Waals surface area contributed by atoms with Crippen molar-refractivity contribution in [3.63, 3.8) is 0 Å². The molecule has 0 radical (unpaired) electrons. The van der Waals surface area contributed by atoms with Crippen molar-refractivity contribution in [1.29, 1.82) is 0 Å². The molecule has 2 heteroatoms. The lowest BCUT2D eigenvalue weighted by Crippen LogP contribution is -1.81. The zero-order valence-corrected chi connectivity index (χ0v) is 13.5. The Morgan fingerprint density at radius 3 is 2.29 bits per heavy atom. The van der Waals surface area contributed by atoms with E-state index in [0.29, 0.717) is 5.02 Å². The molecule has 114 valence electrons. The Morgan fingerprint density at radius 1 is 0.667 bits per heavy atom. The maximum Gasteiger partial charge on any atom is 0.154 e. The molecule has 0 aliphatic carbocycles. The van der Waals surface area contributed by atoms with Gasteiger partial charge in [-0.25, -0.2) is 0 Å². The van der Waals surface area contributed by atoms with E-state index in [2.05, 4.69) is 48.5 Å². The fraction of sp³-hybridized carbons (Fsp3) is 0. The average Bonchev–Trinajstić information content (AvgIpc) is 3.03. The van der Waals surface area contributed by atoms with Gasteiger partial charge in [-0.3, -0.25) is 0 Å². The van der Waals surface area contributed by atoms with Crippen LogP contribution in [0.1, 0.15) is 0 Å². The summed E-state index contributed by atoms with van der Waals surface area (Å²) in [5, 5.41) is 5.22. The first-order valence-corrected chi connectivity index (χ1v) is 8.28. The van der Waals surface area contributed by atoms with Crippen LogP contribution < -0.4 is 0 Å². The fourth-order valence-corrected chi connectivity index (χ4v) is 3.66. The van der Waals surface area contributed by atoms with Crippen molar-refractivity contribution in [1.82, 2.24) is 0 Å². The van der Waals surface area contributed by atoms with Crippen molar-refractivity contribution in [2.45, 2.75) is 0 Å². The number of rotatable bonds is 1. The van der Waals surface area contributed by atoms with Crippen LogP contribution in [0.4, 0.5) is 0 Å². The maximum atomic E-state index is 6.38. The summed E-state index contributed by atoms with van der Waals surface area (Å²) in [4.78, 5) is 0. The van der Waals surface area contributed by atoms with Gasteiger partial charge < -0.3 is 4.42 Å². The molecule has 1 nitrogen and oxygen atoms in total. The van der Waals surface area contributed by atoms with E-state index in [-0.39, 0.29) is 0 Å². The second kappa shape index (κ2) is 5.12. The van der Waals surface area contributed by atoms with Crippen LogP contribution in [-0.4, -0.2) is 0 Å². The zero-order chi connectivity index (χ0) is 16.1. The molecule has 0 atom stereocenters. The third-order valence-electron chi connectivity index (χ3n) is 4.53. The summed E-state index contributed by atoms with van der Waals surface area (Å²) >= 11 is 6.38. The summed E-state index contributed by atoms with van der Waals surface area (Å²) in [6.45, 7) is 0. The molecular weight excluding hydrogens is 316 g/mol. The second-order valence-corrected chi connectivity index (χ2v) is 6.34. The Bertz CT molecular complexity index is 1200. The summed E-state index contributed by atoms with van der Waals surface area (Å²) in [5.74, 6) is 0. The van der Waals surface area contributed by atoms with Crippen LogP contribution in [0.2, 0.25) is 5.02 Å². The van der Waals surface area contributed by atoms with Crippen LogP contribution in [0.3, 0.4) is 0 Å². The predicted molar refractivity (Wildman–Crippen MR) is 102 cm³/mol. The molecule has 0 aliphatic rings. The Labute approximate surface area is 144 Å². The molecular formula is C22H13ClO. The van der Waals surface area contributed by atoms with E-state index in [1.165, 1.54) is 10.8 Å². The quantitative estimate of drug-likeness (QED) is 0.321. The van der Waals surface area contributed by atoms with E-state index in [4.69, 9.17) is 16.0 Å². The van der Waals surface area contributed by atoms with Gasteiger partial charge in [-0.1, -0.05) is 78.3 Å². The van der Waals surface area contributed by atoms with Crippen LogP contribution in [0.5, 0.6) is 0 Å². The molecule has 0 N–H and O–H groups in total. The van der Waals surface area contributed by atoms with E-state index in [0.717, 1.165) is 33.1 Å². The summed E-state index contributed by atoms with van der Waals surface area (Å²) < 4.78 is 6.24. The molecule has 5 rings (SSSR count). The topological polar surface area (TPSA) is 13.1 Å². The molecule has 5 aromatic rings. The average molecular weight is 329 g/mol. The summed E-state index contributed by atoms with van der Waals surface area (Å²) in [6, 6.07) is 26.9. The summed E-state index contributed by atoms with van der Waals surface area (Å²) in [5.41, 5.74) is 3.88. The number of furan rings is 1. The first-order valence-electron chi connectivity index (χ1n) is 7.91. The van der Waals surface area contributed by atoms with E-state index in [9.17, 15) is 0 Å². The van der Waals surface area contributed by atoms with Crippen molar-refractivity contribution in [3.05, 3.63) is 83.9 Å². The minimum atomic E-state index is 0.645. The van der Waals surface area contributed by atoms with Gasteiger partial charge in [0.1, 0.15) is 5.58 Å². The minimum Gasteiger partial charge on any atom is -0.454 e. The van der Waals surface area contributed by atoms with Gasteiger partial charge >= 0.3 is 0 Å². The third kappa shape index (κ3) is 1.88. The van der Waals surface area contributed by atoms with Gasteiger partial charge in [-0.15, -0.1) is 0 Å². The lowest BCUT2D eigenvalue weighted by molar-refractivity contribution is 0.670. The molecule has 0 aliphatic heterocycles. The maximum absolute atomic E-state index is 6.38. The van der Waals surface area contributed by atoms with Crippen LogP contribution in [-0.2, 0) is 0 Å². The van der Waals surface area contributed by atoms with Crippen molar-refractivity contribution in [3.8, 4) is 11.1 Å². The van der Waals surface area contributed by atoms with E-state index in [1.54, 1.807) is 0 Å². The normalized spacial score (nSPS) is 11.5. The lowest BCUT2D eigenvalue weighted by atomic mass is 9.96. The SMILES string of the molecule is Clc1cccc2c1oc1c(-c3ccccc3)cc3ccccc3c12. The molecule has 4 aromatic carbocycles. The Hall–Kier alpha value is -2.77. The molecule has 0 unspecified atom stereocenters. The highest BCUT2D eigenvalue weighted by Crippen LogP contribution is 2.42. The molecule has 0 saturated heterocycles. The number of hydrogen-bond donors (Lipinski definition) is 0. The smallest absolute Gasteiger partial charge is 0.154 e. The fourth-order valence-electron chi connectivity index (χ4n) is 3.45. The lowest BCUT2D eigenvalue weighted by Gasteiger charge is -2.06. The molecule has 24 heavy (non-hydrogen) atoms. The highest BCUT2D eigenvalue weighted by atomic mass is 35.5. The van der Waals surface area contributed by atoms with Crippen molar-refractivity contribution < 1.29 is 4.42 Å². The monoisotopic (exact) mass is 328 g/mol. The molecule has 0 amide bonds. The molecule has 0 fully saturated rings. The van der Waals surface area contributed by atoms with E-state index in [1.807, 2.05) is 30.3 Å². The predicted octanol–water partition coefficient (Wildman–Crippen LogP) is 7.06. The van der Waals surface area contributed by atoms with Gasteiger partial charge in [0.25, 0.3) is 0 Å². The van der Waals surface area contributed by atoms with Crippen LogP contribution in [0, 0.1) is 0 Å². The standard InChI is InChI=1S/C22H13ClO/c23-19-12-6-11-17-20-16-10-5-4-9-15(16)13-18(22(20)24-21(17)19)14-7-2-1-3-8-14/h1-13H. The summed E-state index contributed by atoms with van der Waals surface area (Å²) in [7, 11) is 0. The number of para-hydroxylation sites is 1. The number of benzene rings is 4. The third-order valence-corrected chi connectivity index (χ3v) is 4.82. The molecule has 1 aromatic heterocycles. The Balaban J connectivity index is 2.06. The number of hydrogen-bond acceptors (Lipinski definition) is 1. The van der Waals surface area contributed by atoms with Crippen LogP contribution in [0.15, 0.2) is 83.3 Å². The highest BCUT2D eigenvalue weighted by Gasteiger charge is 2.17. The van der Waals surface area contributed by atoms with Gasteiger partial charge in [0.05, 0.1) is 5.02 Å².